The number of hydrogen-bond donors (Lipinski definition) is 1. The number of fused-ring (bicyclic) bond motifs is 1. The zero-order chi connectivity index (χ0) is 20.8. The Balaban J connectivity index is 2.04. The average molecular weight is 393 g/mol. The fourth-order valence-corrected chi connectivity index (χ4v) is 4.43. The van der Waals surface area contributed by atoms with Gasteiger partial charge in [0.05, 0.1) is 12.0 Å². The first-order valence-corrected chi connectivity index (χ1v) is 10.8. The number of ketones is 1. The summed E-state index contributed by atoms with van der Waals surface area (Å²) in [6.07, 6.45) is 4.72. The maximum Gasteiger partial charge on any atom is 0.227 e. The molecule has 3 rings (SSSR count). The number of nitrogens with one attached hydrogen (secondary N) is 1. The fourth-order valence-electron chi connectivity index (χ4n) is 4.43. The van der Waals surface area contributed by atoms with Crippen LogP contribution in [0.15, 0.2) is 54.6 Å². The first kappa shape index (κ1) is 21.1. The molecule has 1 amide bonds. The van der Waals surface area contributed by atoms with Crippen molar-refractivity contribution in [2.75, 3.05) is 10.2 Å². The Morgan fingerprint density at radius 3 is 2.34 bits per heavy atom. The van der Waals surface area contributed by atoms with Crippen LogP contribution in [0.25, 0.3) is 0 Å². The normalized spacial score (nSPS) is 20.4. The molecular weight excluding hydrogens is 360 g/mol. The van der Waals surface area contributed by atoms with Crippen molar-refractivity contribution in [1.82, 2.24) is 0 Å². The van der Waals surface area contributed by atoms with Crippen LogP contribution < -0.4 is 10.2 Å². The van der Waals surface area contributed by atoms with Gasteiger partial charge in [0.15, 0.2) is 0 Å². The molecule has 0 fully saturated rings. The molecule has 2 aromatic carbocycles. The van der Waals surface area contributed by atoms with Crippen LogP contribution in [-0.4, -0.2) is 17.7 Å². The molecule has 4 nitrogen and oxygen atoms in total. The number of benzene rings is 2. The lowest BCUT2D eigenvalue weighted by molar-refractivity contribution is -0.123. The molecule has 4 heteroatoms. The minimum atomic E-state index is -0.305. The molecule has 1 aliphatic rings. The van der Waals surface area contributed by atoms with Gasteiger partial charge in [-0.1, -0.05) is 62.6 Å². The molecule has 0 aliphatic carbocycles. The van der Waals surface area contributed by atoms with Gasteiger partial charge in [0.1, 0.15) is 5.78 Å². The first-order chi connectivity index (χ1) is 14.0. The van der Waals surface area contributed by atoms with Crippen molar-refractivity contribution in [3.63, 3.8) is 0 Å². The number of para-hydroxylation sites is 2. The van der Waals surface area contributed by atoms with Crippen LogP contribution in [0.2, 0.25) is 0 Å². The lowest BCUT2D eigenvalue weighted by Gasteiger charge is -2.43. The van der Waals surface area contributed by atoms with Gasteiger partial charge in [0.25, 0.3) is 0 Å². The molecule has 0 saturated carbocycles. The summed E-state index contributed by atoms with van der Waals surface area (Å²) < 4.78 is 0. The number of unbranched alkanes of at least 4 members (excludes halogenated alkanes) is 3. The van der Waals surface area contributed by atoms with Crippen LogP contribution in [0.3, 0.4) is 0 Å². The predicted octanol–water partition coefficient (Wildman–Crippen LogP) is 5.75. The van der Waals surface area contributed by atoms with Gasteiger partial charge in [0.2, 0.25) is 5.91 Å². The van der Waals surface area contributed by atoms with Crippen molar-refractivity contribution in [2.45, 2.75) is 65.0 Å². The summed E-state index contributed by atoms with van der Waals surface area (Å²) in [5, 5.41) is 3.47. The van der Waals surface area contributed by atoms with Crippen LogP contribution in [0.1, 0.15) is 64.5 Å². The molecule has 2 aromatic rings. The Hall–Kier alpha value is -2.62. The summed E-state index contributed by atoms with van der Waals surface area (Å²) >= 11 is 0. The standard InChI is InChI=1S/C25H32N2O2/c1-4-5-6-10-17-23(29)27(20-13-8-7-9-14-20)25-21-15-11-12-16-22(21)26-18(2)24(25)19(3)28/h7-9,11-16,18,24-26H,4-6,10,17H2,1-3H3. The number of Topliss-reactive ketones (excluding diaryl/α,β-unsaturated/α-hetero) is 1. The molecule has 3 atom stereocenters. The van der Waals surface area contributed by atoms with Crippen molar-refractivity contribution >= 4 is 23.1 Å². The number of anilines is 2. The second kappa shape index (κ2) is 9.73. The molecule has 1 heterocycles. The Labute approximate surface area is 174 Å². The zero-order valence-electron chi connectivity index (χ0n) is 17.7. The number of rotatable bonds is 8. The number of nitrogens with zero attached hydrogens (tertiary/aromatic N) is 1. The highest BCUT2D eigenvalue weighted by molar-refractivity contribution is 5.96. The summed E-state index contributed by atoms with van der Waals surface area (Å²) in [5.41, 5.74) is 2.87. The Morgan fingerprint density at radius 2 is 1.66 bits per heavy atom. The SMILES string of the molecule is CCCCCCC(=O)N(c1ccccc1)C1c2ccccc2NC(C)C1C(C)=O. The van der Waals surface area contributed by atoms with Gasteiger partial charge in [0, 0.05) is 23.8 Å². The van der Waals surface area contributed by atoms with E-state index in [1.54, 1.807) is 6.92 Å². The third kappa shape index (κ3) is 4.69. The highest BCUT2D eigenvalue weighted by Gasteiger charge is 2.42. The van der Waals surface area contributed by atoms with Crippen molar-refractivity contribution in [1.29, 1.82) is 0 Å². The molecule has 0 spiro atoms. The van der Waals surface area contributed by atoms with E-state index >= 15 is 0 Å². The first-order valence-electron chi connectivity index (χ1n) is 10.8. The van der Waals surface area contributed by atoms with E-state index in [2.05, 4.69) is 12.2 Å². The molecule has 1 N–H and O–H groups in total. The topological polar surface area (TPSA) is 49.4 Å². The molecular formula is C25H32N2O2. The monoisotopic (exact) mass is 392 g/mol. The van der Waals surface area contributed by atoms with E-state index in [0.29, 0.717) is 6.42 Å². The van der Waals surface area contributed by atoms with Crippen molar-refractivity contribution < 1.29 is 9.59 Å². The zero-order valence-corrected chi connectivity index (χ0v) is 17.7. The van der Waals surface area contributed by atoms with Crippen LogP contribution in [0.5, 0.6) is 0 Å². The third-order valence-electron chi connectivity index (χ3n) is 5.84. The van der Waals surface area contributed by atoms with Crippen molar-refractivity contribution in [3.05, 3.63) is 60.2 Å². The predicted molar refractivity (Wildman–Crippen MR) is 119 cm³/mol. The summed E-state index contributed by atoms with van der Waals surface area (Å²) in [4.78, 5) is 28.1. The highest BCUT2D eigenvalue weighted by Crippen LogP contribution is 2.43. The van der Waals surface area contributed by atoms with E-state index in [0.717, 1.165) is 42.6 Å². The van der Waals surface area contributed by atoms with Crippen LogP contribution in [-0.2, 0) is 9.59 Å². The molecule has 154 valence electrons. The van der Waals surface area contributed by atoms with Crippen molar-refractivity contribution in [3.8, 4) is 0 Å². The van der Waals surface area contributed by atoms with Crippen LogP contribution in [0.4, 0.5) is 11.4 Å². The second-order valence-electron chi connectivity index (χ2n) is 8.01. The quantitative estimate of drug-likeness (QED) is 0.582. The van der Waals surface area contributed by atoms with Gasteiger partial charge >= 0.3 is 0 Å². The fraction of sp³-hybridized carbons (Fsp3) is 0.440. The van der Waals surface area contributed by atoms with Crippen LogP contribution in [0, 0.1) is 5.92 Å². The lowest BCUT2D eigenvalue weighted by Crippen LogP contribution is -2.49. The molecule has 1 aliphatic heterocycles. The molecule has 0 saturated heterocycles. The Bertz CT molecular complexity index is 834. The maximum atomic E-state index is 13.5. The van der Waals surface area contributed by atoms with Crippen molar-refractivity contribution in [2.24, 2.45) is 5.92 Å². The number of hydrogen-bond acceptors (Lipinski definition) is 3. The van der Waals surface area contributed by atoms with Crippen LogP contribution >= 0.6 is 0 Å². The minimum absolute atomic E-state index is 0.0495. The smallest absolute Gasteiger partial charge is 0.227 e. The summed E-state index contributed by atoms with van der Waals surface area (Å²) in [6, 6.07) is 17.5. The molecule has 0 aromatic heterocycles. The molecule has 3 unspecified atom stereocenters. The molecule has 29 heavy (non-hydrogen) atoms. The summed E-state index contributed by atoms with van der Waals surface area (Å²) in [5.74, 6) is -0.110. The third-order valence-corrected chi connectivity index (χ3v) is 5.84. The second-order valence-corrected chi connectivity index (χ2v) is 8.01. The van der Waals surface area contributed by atoms with Gasteiger partial charge in [-0.05, 0) is 44.0 Å². The highest BCUT2D eigenvalue weighted by atomic mass is 16.2. The van der Waals surface area contributed by atoms with E-state index in [9.17, 15) is 9.59 Å². The lowest BCUT2D eigenvalue weighted by atomic mass is 9.79. The van der Waals surface area contributed by atoms with Gasteiger partial charge in [-0.15, -0.1) is 0 Å². The van der Waals surface area contributed by atoms with Gasteiger partial charge in [-0.3, -0.25) is 9.59 Å². The van der Waals surface area contributed by atoms with Gasteiger partial charge < -0.3 is 10.2 Å². The number of carbonyl (C=O) groups excluding carboxylic acids is 2. The van der Waals surface area contributed by atoms with E-state index < -0.39 is 0 Å². The largest absolute Gasteiger partial charge is 0.381 e. The van der Waals surface area contributed by atoms with E-state index in [4.69, 9.17) is 0 Å². The molecule has 0 radical (unpaired) electrons. The maximum absolute atomic E-state index is 13.5. The summed E-state index contributed by atoms with van der Waals surface area (Å²) in [6.45, 7) is 5.84. The number of carbonyl (C=O) groups is 2. The van der Waals surface area contributed by atoms with Gasteiger partial charge in [-0.2, -0.15) is 0 Å². The van der Waals surface area contributed by atoms with E-state index in [1.165, 1.54) is 0 Å². The van der Waals surface area contributed by atoms with E-state index in [-0.39, 0.29) is 29.7 Å². The minimum Gasteiger partial charge on any atom is -0.381 e. The summed E-state index contributed by atoms with van der Waals surface area (Å²) in [7, 11) is 0. The number of amides is 1. The molecule has 0 bridgehead atoms. The van der Waals surface area contributed by atoms with E-state index in [1.807, 2.05) is 66.4 Å². The Morgan fingerprint density at radius 1 is 0.966 bits per heavy atom. The Kier molecular flexibility index (Phi) is 7.08. The van der Waals surface area contributed by atoms with Gasteiger partial charge in [-0.25, -0.2) is 0 Å². The average Bonchev–Trinajstić information content (AvgIpc) is 2.71.